The van der Waals surface area contributed by atoms with E-state index in [-0.39, 0.29) is 6.54 Å². The van der Waals surface area contributed by atoms with Crippen molar-refractivity contribution < 1.29 is 22.7 Å². The van der Waals surface area contributed by atoms with Gasteiger partial charge >= 0.3 is 12.0 Å². The summed E-state index contributed by atoms with van der Waals surface area (Å²) >= 11 is 0. The van der Waals surface area contributed by atoms with Crippen LogP contribution < -0.4 is 0 Å². The number of hydrogen-bond acceptors (Lipinski definition) is 5. The SMILES string of the molecule is Cc1nnn(CC(=O)OCCC(F)=C(F)F)n1. The van der Waals surface area contributed by atoms with Crippen molar-refractivity contribution in [2.75, 3.05) is 6.61 Å². The van der Waals surface area contributed by atoms with Crippen LogP contribution in [0.3, 0.4) is 0 Å². The number of aryl methyl sites for hydroxylation is 1. The Morgan fingerprint density at radius 3 is 2.65 bits per heavy atom. The molecule has 0 aromatic carbocycles. The van der Waals surface area contributed by atoms with Gasteiger partial charge in [0.05, 0.1) is 6.61 Å². The average Bonchev–Trinajstić information content (AvgIpc) is 2.63. The molecule has 0 fully saturated rings. The molecule has 0 aliphatic rings. The van der Waals surface area contributed by atoms with Crippen molar-refractivity contribution in [2.45, 2.75) is 19.9 Å². The molecule has 0 N–H and O–H groups in total. The van der Waals surface area contributed by atoms with Gasteiger partial charge in [-0.2, -0.15) is 13.6 Å². The maximum atomic E-state index is 12.3. The first-order chi connectivity index (χ1) is 7.99. The largest absolute Gasteiger partial charge is 0.464 e. The van der Waals surface area contributed by atoms with Gasteiger partial charge in [-0.25, -0.2) is 9.18 Å². The van der Waals surface area contributed by atoms with Gasteiger partial charge in [0.1, 0.15) is 0 Å². The Kier molecular flexibility index (Phi) is 4.61. The third-order valence-corrected chi connectivity index (χ3v) is 1.61. The normalized spacial score (nSPS) is 10.1. The van der Waals surface area contributed by atoms with Gasteiger partial charge in [-0.3, -0.25) is 0 Å². The molecule has 0 saturated carbocycles. The summed E-state index contributed by atoms with van der Waals surface area (Å²) in [6.45, 7) is 0.818. The minimum Gasteiger partial charge on any atom is -0.464 e. The predicted molar refractivity (Wildman–Crippen MR) is 48.5 cm³/mol. The van der Waals surface area contributed by atoms with E-state index in [1.807, 2.05) is 0 Å². The highest BCUT2D eigenvalue weighted by atomic mass is 19.3. The summed E-state index contributed by atoms with van der Waals surface area (Å²) in [4.78, 5) is 12.1. The van der Waals surface area contributed by atoms with E-state index in [2.05, 4.69) is 20.1 Å². The highest BCUT2D eigenvalue weighted by Crippen LogP contribution is 2.12. The molecule has 94 valence electrons. The number of tetrazole rings is 1. The van der Waals surface area contributed by atoms with Crippen LogP contribution in [-0.2, 0) is 16.1 Å². The number of aromatic nitrogens is 4. The Hall–Kier alpha value is -1.93. The van der Waals surface area contributed by atoms with Gasteiger partial charge in [-0.1, -0.05) is 0 Å². The zero-order valence-corrected chi connectivity index (χ0v) is 8.86. The second-order valence-electron chi connectivity index (χ2n) is 3.00. The molecule has 0 amide bonds. The number of esters is 1. The van der Waals surface area contributed by atoms with E-state index in [0.717, 1.165) is 4.80 Å². The topological polar surface area (TPSA) is 69.9 Å². The maximum Gasteiger partial charge on any atom is 0.329 e. The minimum absolute atomic E-state index is 0.301. The van der Waals surface area contributed by atoms with Crippen molar-refractivity contribution in [2.24, 2.45) is 0 Å². The fraction of sp³-hybridized carbons (Fsp3) is 0.500. The van der Waals surface area contributed by atoms with E-state index in [1.54, 1.807) is 6.92 Å². The van der Waals surface area contributed by atoms with Crippen molar-refractivity contribution in [3.63, 3.8) is 0 Å². The molecule has 9 heteroatoms. The Morgan fingerprint density at radius 2 is 2.12 bits per heavy atom. The molecule has 0 aliphatic heterocycles. The molecule has 0 radical (unpaired) electrons. The molecule has 0 spiro atoms. The monoisotopic (exact) mass is 250 g/mol. The Labute approximate surface area is 94.1 Å². The molecule has 0 atom stereocenters. The molecule has 0 unspecified atom stereocenters. The van der Waals surface area contributed by atoms with Crippen LogP contribution in [-0.4, -0.2) is 32.8 Å². The van der Waals surface area contributed by atoms with Crippen LogP contribution in [0.15, 0.2) is 11.9 Å². The third kappa shape index (κ3) is 4.62. The number of carbonyl (C=O) groups excluding carboxylic acids is 1. The lowest BCUT2D eigenvalue weighted by molar-refractivity contribution is -0.144. The molecule has 0 aliphatic carbocycles. The van der Waals surface area contributed by atoms with Gasteiger partial charge in [0, 0.05) is 6.42 Å². The minimum atomic E-state index is -2.41. The first-order valence-electron chi connectivity index (χ1n) is 4.58. The Bertz CT molecular complexity index is 428. The number of hydrogen-bond donors (Lipinski definition) is 0. The van der Waals surface area contributed by atoms with E-state index < -0.39 is 30.9 Å². The third-order valence-electron chi connectivity index (χ3n) is 1.61. The van der Waals surface area contributed by atoms with Crippen LogP contribution in [0.4, 0.5) is 13.2 Å². The molecule has 17 heavy (non-hydrogen) atoms. The average molecular weight is 250 g/mol. The fourth-order valence-corrected chi connectivity index (χ4v) is 0.900. The van der Waals surface area contributed by atoms with Gasteiger partial charge in [-0.15, -0.1) is 10.2 Å². The number of rotatable bonds is 5. The Balaban J connectivity index is 2.29. The van der Waals surface area contributed by atoms with Crippen molar-refractivity contribution in [1.82, 2.24) is 20.2 Å². The van der Waals surface area contributed by atoms with E-state index in [1.165, 1.54) is 0 Å². The van der Waals surface area contributed by atoms with Crippen LogP contribution in [0, 0.1) is 6.92 Å². The van der Waals surface area contributed by atoms with E-state index in [0.29, 0.717) is 5.82 Å². The lowest BCUT2D eigenvalue weighted by atomic mass is 10.4. The molecule has 1 rings (SSSR count). The first kappa shape index (κ1) is 13.1. The zero-order valence-electron chi connectivity index (χ0n) is 8.86. The van der Waals surface area contributed by atoms with E-state index in [4.69, 9.17) is 0 Å². The number of nitrogens with zero attached hydrogens (tertiary/aromatic N) is 4. The van der Waals surface area contributed by atoms with Crippen molar-refractivity contribution in [3.8, 4) is 0 Å². The molecule has 1 aromatic rings. The summed E-state index contributed by atoms with van der Waals surface area (Å²) in [5.74, 6) is -1.96. The molecule has 0 saturated heterocycles. The van der Waals surface area contributed by atoms with Crippen molar-refractivity contribution in [3.05, 3.63) is 17.7 Å². The van der Waals surface area contributed by atoms with Crippen molar-refractivity contribution >= 4 is 5.97 Å². The molecular formula is C8H9F3N4O2. The van der Waals surface area contributed by atoms with E-state index >= 15 is 0 Å². The van der Waals surface area contributed by atoms with Crippen LogP contribution in [0.5, 0.6) is 0 Å². The van der Waals surface area contributed by atoms with Crippen LogP contribution >= 0.6 is 0 Å². The van der Waals surface area contributed by atoms with Crippen LogP contribution in [0.25, 0.3) is 0 Å². The number of ether oxygens (including phenoxy) is 1. The standard InChI is InChI=1S/C8H9F3N4O2/c1-5-12-14-15(13-5)4-7(16)17-3-2-6(9)8(10)11/h2-4H2,1H3. The summed E-state index contributed by atoms with van der Waals surface area (Å²) < 4.78 is 40.1. The number of halogens is 3. The Morgan fingerprint density at radius 1 is 1.41 bits per heavy atom. The van der Waals surface area contributed by atoms with Gasteiger partial charge in [-0.05, 0) is 12.1 Å². The summed E-state index contributed by atoms with van der Waals surface area (Å²) in [5, 5.41) is 10.7. The summed E-state index contributed by atoms with van der Waals surface area (Å²) in [5.41, 5.74) is 0. The highest BCUT2D eigenvalue weighted by molar-refractivity contribution is 5.68. The highest BCUT2D eigenvalue weighted by Gasteiger charge is 2.09. The van der Waals surface area contributed by atoms with Crippen LogP contribution in [0.2, 0.25) is 0 Å². The lowest BCUT2D eigenvalue weighted by Crippen LogP contribution is -2.16. The fourth-order valence-electron chi connectivity index (χ4n) is 0.900. The zero-order chi connectivity index (χ0) is 12.8. The number of carbonyl (C=O) groups is 1. The van der Waals surface area contributed by atoms with Gasteiger partial charge in [0.25, 0.3) is 0 Å². The van der Waals surface area contributed by atoms with Gasteiger partial charge in [0.2, 0.25) is 0 Å². The summed E-state index contributed by atoms with van der Waals surface area (Å²) in [6.07, 6.45) is -3.06. The van der Waals surface area contributed by atoms with Crippen molar-refractivity contribution in [1.29, 1.82) is 0 Å². The van der Waals surface area contributed by atoms with Gasteiger partial charge < -0.3 is 4.74 Å². The smallest absolute Gasteiger partial charge is 0.329 e. The van der Waals surface area contributed by atoms with Crippen LogP contribution in [0.1, 0.15) is 12.2 Å². The first-order valence-corrected chi connectivity index (χ1v) is 4.58. The summed E-state index contributed by atoms with van der Waals surface area (Å²) in [6, 6.07) is 0. The second-order valence-corrected chi connectivity index (χ2v) is 3.00. The predicted octanol–water partition coefficient (Wildman–Crippen LogP) is 0.992. The molecule has 1 heterocycles. The van der Waals surface area contributed by atoms with E-state index in [9.17, 15) is 18.0 Å². The maximum absolute atomic E-state index is 12.3. The molecule has 6 nitrogen and oxygen atoms in total. The second kappa shape index (κ2) is 5.97. The molecule has 1 aromatic heterocycles. The molecule has 0 bridgehead atoms. The lowest BCUT2D eigenvalue weighted by Gasteiger charge is -2.02. The van der Waals surface area contributed by atoms with Gasteiger partial charge in [0.15, 0.2) is 18.2 Å². The summed E-state index contributed by atoms with van der Waals surface area (Å²) in [7, 11) is 0. The quantitative estimate of drug-likeness (QED) is 0.729. The molecular weight excluding hydrogens is 241 g/mol.